The Hall–Kier alpha value is -1.48. The molecule has 1 heterocycles. The molecule has 0 aliphatic rings. The SMILES string of the molecule is O=C(c1ccccc1)c1cscn1. The smallest absolute Gasteiger partial charge is 0.212 e. The van der Waals surface area contributed by atoms with Crippen molar-refractivity contribution in [1.82, 2.24) is 4.98 Å². The van der Waals surface area contributed by atoms with Crippen LogP contribution in [0.4, 0.5) is 0 Å². The van der Waals surface area contributed by atoms with E-state index in [2.05, 4.69) is 4.98 Å². The third kappa shape index (κ3) is 1.65. The molecule has 2 nitrogen and oxygen atoms in total. The summed E-state index contributed by atoms with van der Waals surface area (Å²) in [5.41, 5.74) is 2.88. The van der Waals surface area contributed by atoms with Gasteiger partial charge in [0, 0.05) is 10.9 Å². The van der Waals surface area contributed by atoms with Crippen molar-refractivity contribution in [3.8, 4) is 0 Å². The summed E-state index contributed by atoms with van der Waals surface area (Å²) in [6.07, 6.45) is 0. The molecule has 0 bridgehead atoms. The number of thiazole rings is 1. The Morgan fingerprint density at radius 1 is 1.23 bits per heavy atom. The van der Waals surface area contributed by atoms with Gasteiger partial charge < -0.3 is 0 Å². The Balaban J connectivity index is 2.34. The molecule has 13 heavy (non-hydrogen) atoms. The summed E-state index contributed by atoms with van der Waals surface area (Å²) in [4.78, 5) is 15.6. The summed E-state index contributed by atoms with van der Waals surface area (Å²) >= 11 is 1.43. The van der Waals surface area contributed by atoms with Gasteiger partial charge in [0.1, 0.15) is 5.69 Å². The van der Waals surface area contributed by atoms with E-state index < -0.39 is 0 Å². The zero-order chi connectivity index (χ0) is 9.10. The zero-order valence-corrected chi connectivity index (χ0v) is 7.62. The van der Waals surface area contributed by atoms with Crippen LogP contribution in [-0.2, 0) is 0 Å². The maximum absolute atomic E-state index is 11.7. The van der Waals surface area contributed by atoms with E-state index in [1.54, 1.807) is 23.0 Å². The molecular formula is C10H7NOS. The summed E-state index contributed by atoms with van der Waals surface area (Å²) in [6, 6.07) is 9.17. The first kappa shape index (κ1) is 8.13. The monoisotopic (exact) mass is 189 g/mol. The van der Waals surface area contributed by atoms with Crippen LogP contribution in [0.3, 0.4) is 0 Å². The molecular weight excluding hydrogens is 182 g/mol. The second-order valence-electron chi connectivity index (χ2n) is 2.57. The number of nitrogens with zero attached hydrogens (tertiary/aromatic N) is 1. The Morgan fingerprint density at radius 2 is 2.00 bits per heavy atom. The van der Waals surface area contributed by atoms with E-state index in [9.17, 15) is 4.79 Å². The largest absolute Gasteiger partial charge is 0.287 e. The second kappa shape index (κ2) is 3.49. The average molecular weight is 189 g/mol. The highest BCUT2D eigenvalue weighted by Gasteiger charge is 2.09. The molecule has 0 aliphatic carbocycles. The molecule has 0 atom stereocenters. The highest BCUT2D eigenvalue weighted by atomic mass is 32.1. The summed E-state index contributed by atoms with van der Waals surface area (Å²) in [7, 11) is 0. The maximum atomic E-state index is 11.7. The van der Waals surface area contributed by atoms with E-state index in [1.807, 2.05) is 18.2 Å². The molecule has 0 saturated heterocycles. The van der Waals surface area contributed by atoms with E-state index in [0.717, 1.165) is 0 Å². The first-order valence-electron chi connectivity index (χ1n) is 3.86. The van der Waals surface area contributed by atoms with Crippen molar-refractivity contribution >= 4 is 17.1 Å². The number of rotatable bonds is 2. The lowest BCUT2D eigenvalue weighted by Crippen LogP contribution is -2.00. The molecule has 0 unspecified atom stereocenters. The summed E-state index contributed by atoms with van der Waals surface area (Å²) in [6.45, 7) is 0. The minimum atomic E-state index is -0.0122. The maximum Gasteiger partial charge on any atom is 0.212 e. The molecule has 0 radical (unpaired) electrons. The van der Waals surface area contributed by atoms with Gasteiger partial charge in [-0.25, -0.2) is 4.98 Å². The highest BCUT2D eigenvalue weighted by Crippen LogP contribution is 2.09. The Bertz CT molecular complexity index is 394. The lowest BCUT2D eigenvalue weighted by Gasteiger charge is -1.94. The number of carbonyl (C=O) groups excluding carboxylic acids is 1. The number of ketones is 1. The normalized spacial score (nSPS) is 9.85. The van der Waals surface area contributed by atoms with Crippen molar-refractivity contribution in [2.24, 2.45) is 0 Å². The van der Waals surface area contributed by atoms with E-state index >= 15 is 0 Å². The first-order chi connectivity index (χ1) is 6.38. The van der Waals surface area contributed by atoms with Gasteiger partial charge in [0.2, 0.25) is 5.78 Å². The lowest BCUT2D eigenvalue weighted by molar-refractivity contribution is 0.103. The lowest BCUT2D eigenvalue weighted by atomic mass is 10.1. The Morgan fingerprint density at radius 3 is 2.62 bits per heavy atom. The van der Waals surface area contributed by atoms with Crippen LogP contribution in [0.25, 0.3) is 0 Å². The fraction of sp³-hybridized carbons (Fsp3) is 0. The number of benzene rings is 1. The van der Waals surface area contributed by atoms with Crippen LogP contribution >= 0.6 is 11.3 Å². The van der Waals surface area contributed by atoms with Crippen molar-refractivity contribution in [2.75, 3.05) is 0 Å². The summed E-state index contributed by atoms with van der Waals surface area (Å²) < 4.78 is 0. The van der Waals surface area contributed by atoms with E-state index in [0.29, 0.717) is 11.3 Å². The molecule has 0 spiro atoms. The first-order valence-corrected chi connectivity index (χ1v) is 4.80. The third-order valence-corrected chi connectivity index (χ3v) is 2.29. The zero-order valence-electron chi connectivity index (χ0n) is 6.81. The number of hydrogen-bond donors (Lipinski definition) is 0. The molecule has 0 N–H and O–H groups in total. The third-order valence-electron chi connectivity index (χ3n) is 1.70. The molecule has 0 amide bonds. The highest BCUT2D eigenvalue weighted by molar-refractivity contribution is 7.07. The number of aromatic nitrogens is 1. The molecule has 3 heteroatoms. The molecule has 1 aromatic carbocycles. The molecule has 1 aromatic heterocycles. The second-order valence-corrected chi connectivity index (χ2v) is 3.29. The van der Waals surface area contributed by atoms with Gasteiger partial charge in [0.05, 0.1) is 5.51 Å². The molecule has 64 valence electrons. The molecule has 0 fully saturated rings. The van der Waals surface area contributed by atoms with E-state index in [4.69, 9.17) is 0 Å². The fourth-order valence-corrected chi connectivity index (χ4v) is 1.59. The van der Waals surface area contributed by atoms with Crippen LogP contribution in [-0.4, -0.2) is 10.8 Å². The van der Waals surface area contributed by atoms with Crippen molar-refractivity contribution in [1.29, 1.82) is 0 Å². The predicted molar refractivity (Wildman–Crippen MR) is 52.0 cm³/mol. The van der Waals surface area contributed by atoms with Gasteiger partial charge in [-0.3, -0.25) is 4.79 Å². The minimum Gasteiger partial charge on any atom is -0.287 e. The van der Waals surface area contributed by atoms with Crippen LogP contribution in [0.1, 0.15) is 16.1 Å². The average Bonchev–Trinajstić information content (AvgIpc) is 2.71. The molecule has 0 aliphatic heterocycles. The Labute approximate surface area is 79.9 Å². The van der Waals surface area contributed by atoms with Crippen molar-refractivity contribution in [3.63, 3.8) is 0 Å². The van der Waals surface area contributed by atoms with Crippen molar-refractivity contribution in [2.45, 2.75) is 0 Å². The van der Waals surface area contributed by atoms with E-state index in [-0.39, 0.29) is 5.78 Å². The summed E-state index contributed by atoms with van der Waals surface area (Å²) in [5.74, 6) is -0.0122. The van der Waals surface area contributed by atoms with Gasteiger partial charge >= 0.3 is 0 Å². The number of carbonyl (C=O) groups is 1. The fourth-order valence-electron chi connectivity index (χ4n) is 1.06. The van der Waals surface area contributed by atoms with E-state index in [1.165, 1.54) is 11.3 Å². The van der Waals surface area contributed by atoms with Gasteiger partial charge in [-0.15, -0.1) is 11.3 Å². The predicted octanol–water partition coefficient (Wildman–Crippen LogP) is 2.37. The van der Waals surface area contributed by atoms with Gasteiger partial charge in [-0.05, 0) is 0 Å². The van der Waals surface area contributed by atoms with Crippen LogP contribution in [0.15, 0.2) is 41.2 Å². The minimum absolute atomic E-state index is 0.0122. The van der Waals surface area contributed by atoms with Crippen LogP contribution < -0.4 is 0 Å². The molecule has 2 rings (SSSR count). The van der Waals surface area contributed by atoms with Crippen LogP contribution in [0, 0.1) is 0 Å². The topological polar surface area (TPSA) is 30.0 Å². The standard InChI is InChI=1S/C10H7NOS/c12-10(9-6-13-7-11-9)8-4-2-1-3-5-8/h1-7H. The van der Waals surface area contributed by atoms with Gasteiger partial charge in [0.15, 0.2) is 0 Å². The van der Waals surface area contributed by atoms with Crippen LogP contribution in [0.2, 0.25) is 0 Å². The number of hydrogen-bond acceptors (Lipinski definition) is 3. The Kier molecular flexibility index (Phi) is 2.19. The molecule has 2 aromatic rings. The van der Waals surface area contributed by atoms with Gasteiger partial charge in [-0.1, -0.05) is 30.3 Å². The van der Waals surface area contributed by atoms with Gasteiger partial charge in [-0.2, -0.15) is 0 Å². The molecule has 0 saturated carbocycles. The summed E-state index contributed by atoms with van der Waals surface area (Å²) in [5, 5.41) is 1.76. The van der Waals surface area contributed by atoms with Crippen molar-refractivity contribution < 1.29 is 4.79 Å². The van der Waals surface area contributed by atoms with Gasteiger partial charge in [0.25, 0.3) is 0 Å². The van der Waals surface area contributed by atoms with Crippen molar-refractivity contribution in [3.05, 3.63) is 52.5 Å². The van der Waals surface area contributed by atoms with Crippen LogP contribution in [0.5, 0.6) is 0 Å². The quantitative estimate of drug-likeness (QED) is 0.679.